The van der Waals surface area contributed by atoms with Crippen LogP contribution in [0.2, 0.25) is 0 Å². The van der Waals surface area contributed by atoms with Gasteiger partial charge < -0.3 is 5.32 Å². The van der Waals surface area contributed by atoms with Crippen molar-refractivity contribution >= 4 is 29.1 Å². The van der Waals surface area contributed by atoms with E-state index in [1.807, 2.05) is 19.9 Å². The van der Waals surface area contributed by atoms with Crippen LogP contribution in [0.4, 0.5) is 20.6 Å². The number of benzene rings is 2. The average molecular weight is 418 g/mol. The maximum Gasteiger partial charge on any atom is 0.333 e. The largest absolute Gasteiger partial charge is 0.333 e. The van der Waals surface area contributed by atoms with Gasteiger partial charge in [-0.1, -0.05) is 6.07 Å². The molecule has 7 nitrogen and oxygen atoms in total. The Labute approximate surface area is 177 Å². The summed E-state index contributed by atoms with van der Waals surface area (Å²) < 4.78 is 14.3. The molecule has 1 aliphatic heterocycles. The molecule has 31 heavy (non-hydrogen) atoms. The summed E-state index contributed by atoms with van der Waals surface area (Å²) in [4.78, 5) is 48.0. The molecule has 156 valence electrons. The van der Waals surface area contributed by atoms with Gasteiger partial charge in [0.25, 0.3) is 5.91 Å². The second-order valence-electron chi connectivity index (χ2n) is 7.53. The number of aryl methyl sites for hydroxylation is 3. The molecule has 3 aromatic rings. The van der Waals surface area contributed by atoms with E-state index < -0.39 is 29.5 Å². The third kappa shape index (κ3) is 3.68. The van der Waals surface area contributed by atoms with Crippen LogP contribution in [0.5, 0.6) is 0 Å². The van der Waals surface area contributed by atoms with Gasteiger partial charge in [0.2, 0.25) is 0 Å². The Morgan fingerprint density at radius 3 is 2.39 bits per heavy atom. The van der Waals surface area contributed by atoms with Gasteiger partial charge in [0.15, 0.2) is 5.78 Å². The molecule has 0 saturated carbocycles. The number of carbonyl (C=O) groups excluding carboxylic acids is 3. The summed E-state index contributed by atoms with van der Waals surface area (Å²) >= 11 is 0. The fourth-order valence-electron chi connectivity index (χ4n) is 3.76. The van der Waals surface area contributed by atoms with Crippen LogP contribution < -0.4 is 10.2 Å². The van der Waals surface area contributed by atoms with Crippen molar-refractivity contribution < 1.29 is 18.8 Å². The number of urea groups is 1. The monoisotopic (exact) mass is 418 g/mol. The zero-order valence-corrected chi connectivity index (χ0v) is 17.1. The van der Waals surface area contributed by atoms with Gasteiger partial charge >= 0.3 is 6.03 Å². The molecular formula is C23H19FN4O3. The molecule has 2 heterocycles. The Balaban J connectivity index is 1.75. The van der Waals surface area contributed by atoms with Crippen LogP contribution in [0.3, 0.4) is 0 Å². The van der Waals surface area contributed by atoms with E-state index in [1.54, 1.807) is 12.1 Å². The highest BCUT2D eigenvalue weighted by Crippen LogP contribution is 2.40. The lowest BCUT2D eigenvalue weighted by atomic mass is 9.93. The Morgan fingerprint density at radius 1 is 1.03 bits per heavy atom. The van der Waals surface area contributed by atoms with Crippen LogP contribution >= 0.6 is 0 Å². The summed E-state index contributed by atoms with van der Waals surface area (Å²) in [6.07, 6.45) is 4.00. The molecule has 0 fully saturated rings. The Hall–Kier alpha value is -3.94. The summed E-state index contributed by atoms with van der Waals surface area (Å²) in [7, 11) is 0. The molecule has 1 atom stereocenters. The van der Waals surface area contributed by atoms with Crippen molar-refractivity contribution in [3.63, 3.8) is 0 Å². The number of hydrogen-bond acceptors (Lipinski definition) is 5. The molecule has 1 aromatic heterocycles. The predicted molar refractivity (Wildman–Crippen MR) is 113 cm³/mol. The van der Waals surface area contributed by atoms with Crippen LogP contribution in [0, 0.1) is 26.6 Å². The summed E-state index contributed by atoms with van der Waals surface area (Å²) in [6.45, 7) is 5.29. The van der Waals surface area contributed by atoms with Crippen molar-refractivity contribution in [3.05, 3.63) is 82.7 Å². The Morgan fingerprint density at radius 2 is 1.74 bits per heavy atom. The first-order valence-electron chi connectivity index (χ1n) is 9.60. The third-order valence-electron chi connectivity index (χ3n) is 5.08. The van der Waals surface area contributed by atoms with Crippen molar-refractivity contribution in [1.29, 1.82) is 0 Å². The standard InChI is InChI=1S/C23H19FN4O3/c1-12-6-13(2)8-15(7-12)27-23(31)28-19-10-17(24)14(3)9-16(19)20(22(28)30)21(29)18-11-25-4-5-26-18/h4-11,20H,1-3H3,(H,27,31). The van der Waals surface area contributed by atoms with Crippen LogP contribution in [-0.2, 0) is 4.79 Å². The Kier molecular flexibility index (Phi) is 5.06. The second kappa shape index (κ2) is 7.71. The molecule has 2 aromatic carbocycles. The minimum absolute atomic E-state index is 0.00894. The zero-order chi connectivity index (χ0) is 22.3. The third-order valence-corrected chi connectivity index (χ3v) is 5.08. The molecule has 0 saturated heterocycles. The summed E-state index contributed by atoms with van der Waals surface area (Å²) in [5.41, 5.74) is 2.91. The lowest BCUT2D eigenvalue weighted by molar-refractivity contribution is -0.117. The van der Waals surface area contributed by atoms with Crippen molar-refractivity contribution in [1.82, 2.24) is 9.97 Å². The predicted octanol–water partition coefficient (Wildman–Crippen LogP) is 4.09. The first kappa shape index (κ1) is 20.3. The van der Waals surface area contributed by atoms with E-state index in [1.165, 1.54) is 31.6 Å². The highest BCUT2D eigenvalue weighted by molar-refractivity contribution is 6.31. The van der Waals surface area contributed by atoms with Crippen LogP contribution in [0.1, 0.15) is 38.7 Å². The maximum absolute atomic E-state index is 14.3. The number of rotatable bonds is 3. The number of nitrogens with zero attached hydrogens (tertiary/aromatic N) is 3. The number of nitrogens with one attached hydrogen (secondary N) is 1. The summed E-state index contributed by atoms with van der Waals surface area (Å²) in [6, 6.07) is 7.21. The number of halogens is 1. The van der Waals surface area contributed by atoms with E-state index in [0.717, 1.165) is 22.1 Å². The number of aromatic nitrogens is 2. The number of hydrogen-bond donors (Lipinski definition) is 1. The van der Waals surface area contributed by atoms with E-state index in [2.05, 4.69) is 15.3 Å². The smallest absolute Gasteiger partial charge is 0.307 e. The first-order chi connectivity index (χ1) is 14.8. The van der Waals surface area contributed by atoms with Gasteiger partial charge in [-0.05, 0) is 67.3 Å². The number of carbonyl (C=O) groups is 3. The fourth-order valence-corrected chi connectivity index (χ4v) is 3.76. The van der Waals surface area contributed by atoms with Crippen molar-refractivity contribution in [2.75, 3.05) is 10.2 Å². The number of amides is 3. The SMILES string of the molecule is Cc1cc(C)cc(NC(=O)N2C(=O)C(C(=O)c3cnccn3)c3cc(C)c(F)cc32)c1. The lowest BCUT2D eigenvalue weighted by Gasteiger charge is -2.17. The molecule has 3 amide bonds. The molecule has 0 spiro atoms. The fraction of sp³-hybridized carbons (Fsp3) is 0.174. The number of anilines is 2. The van der Waals surface area contributed by atoms with Gasteiger partial charge in [0.05, 0.1) is 11.9 Å². The van der Waals surface area contributed by atoms with Gasteiger partial charge in [-0.2, -0.15) is 0 Å². The molecule has 0 bridgehead atoms. The van der Waals surface area contributed by atoms with Crippen LogP contribution in [0.15, 0.2) is 48.9 Å². The number of Topliss-reactive ketones (excluding diaryl/α,β-unsaturated/α-hetero) is 1. The minimum Gasteiger partial charge on any atom is -0.307 e. The lowest BCUT2D eigenvalue weighted by Crippen LogP contribution is -2.40. The molecule has 1 aliphatic rings. The minimum atomic E-state index is -1.31. The molecule has 1 N–H and O–H groups in total. The summed E-state index contributed by atoms with van der Waals surface area (Å²) in [5.74, 6) is -3.26. The van der Waals surface area contributed by atoms with E-state index in [0.29, 0.717) is 5.69 Å². The molecule has 0 radical (unpaired) electrons. The quantitative estimate of drug-likeness (QED) is 0.511. The average Bonchev–Trinajstić information content (AvgIpc) is 2.98. The number of imide groups is 1. The molecule has 1 unspecified atom stereocenters. The van der Waals surface area contributed by atoms with Gasteiger partial charge in [0.1, 0.15) is 17.4 Å². The normalized spacial score (nSPS) is 15.0. The summed E-state index contributed by atoms with van der Waals surface area (Å²) in [5, 5.41) is 2.67. The molecule has 4 rings (SSSR count). The van der Waals surface area contributed by atoms with Crippen molar-refractivity contribution in [2.24, 2.45) is 0 Å². The van der Waals surface area contributed by atoms with Gasteiger partial charge in [-0.15, -0.1) is 0 Å². The van der Waals surface area contributed by atoms with Crippen LogP contribution in [0.25, 0.3) is 0 Å². The van der Waals surface area contributed by atoms with Crippen LogP contribution in [-0.4, -0.2) is 27.7 Å². The van der Waals surface area contributed by atoms with E-state index in [-0.39, 0.29) is 22.5 Å². The molecular weight excluding hydrogens is 399 g/mol. The van der Waals surface area contributed by atoms with E-state index in [4.69, 9.17) is 0 Å². The number of fused-ring (bicyclic) bond motifs is 1. The molecule has 8 heteroatoms. The van der Waals surface area contributed by atoms with E-state index >= 15 is 0 Å². The maximum atomic E-state index is 14.3. The second-order valence-corrected chi connectivity index (χ2v) is 7.53. The topological polar surface area (TPSA) is 92.3 Å². The van der Waals surface area contributed by atoms with Crippen molar-refractivity contribution in [3.8, 4) is 0 Å². The van der Waals surface area contributed by atoms with Gasteiger partial charge in [-0.3, -0.25) is 14.6 Å². The zero-order valence-electron chi connectivity index (χ0n) is 17.1. The Bertz CT molecular complexity index is 1210. The number of ketones is 1. The molecule has 0 aliphatic carbocycles. The highest BCUT2D eigenvalue weighted by Gasteiger charge is 2.46. The van der Waals surface area contributed by atoms with E-state index in [9.17, 15) is 18.8 Å². The van der Waals surface area contributed by atoms with Gasteiger partial charge in [0, 0.05) is 18.1 Å². The van der Waals surface area contributed by atoms with Crippen molar-refractivity contribution in [2.45, 2.75) is 26.7 Å². The van der Waals surface area contributed by atoms with Gasteiger partial charge in [-0.25, -0.2) is 19.1 Å². The first-order valence-corrected chi connectivity index (χ1v) is 9.60. The highest BCUT2D eigenvalue weighted by atomic mass is 19.1.